The van der Waals surface area contributed by atoms with E-state index in [9.17, 15) is 4.79 Å². The average molecular weight is 287 g/mol. The molecule has 0 rings (SSSR count). The fourth-order valence-corrected chi connectivity index (χ4v) is 2.38. The number of aliphatic hydroxyl groups is 1. The van der Waals surface area contributed by atoms with Crippen molar-refractivity contribution in [1.29, 1.82) is 0 Å². The fourth-order valence-electron chi connectivity index (χ4n) is 2.38. The first-order valence-electron chi connectivity index (χ1n) is 8.25. The summed E-state index contributed by atoms with van der Waals surface area (Å²) in [6, 6.07) is 0. The van der Waals surface area contributed by atoms with Crippen molar-refractivity contribution < 1.29 is 15.0 Å². The Morgan fingerprint density at radius 2 is 1.40 bits per heavy atom. The number of rotatable bonds is 15. The topological polar surface area (TPSA) is 60.8 Å². The molecule has 0 aromatic rings. The Bertz CT molecular complexity index is 222. The minimum absolute atomic E-state index is 0.242. The molecule has 4 nitrogen and oxygen atoms in total. The Morgan fingerprint density at radius 3 is 1.95 bits per heavy atom. The van der Waals surface area contributed by atoms with Gasteiger partial charge in [-0.3, -0.25) is 4.79 Å². The number of hydrogen-bond acceptors (Lipinski definition) is 3. The molecular formula is C16H33NO3. The first kappa shape index (κ1) is 19.4. The molecule has 0 aliphatic carbocycles. The highest BCUT2D eigenvalue weighted by Crippen LogP contribution is 2.07. The zero-order valence-corrected chi connectivity index (χ0v) is 13.1. The molecule has 0 unspecified atom stereocenters. The molecule has 4 heteroatoms. The number of carboxylic acid groups (broad SMARTS) is 1. The molecule has 0 radical (unpaired) electrons. The van der Waals surface area contributed by atoms with Gasteiger partial charge in [0.15, 0.2) is 0 Å². The summed E-state index contributed by atoms with van der Waals surface area (Å²) in [6.45, 7) is 5.40. The van der Waals surface area contributed by atoms with E-state index in [1.807, 2.05) is 0 Å². The van der Waals surface area contributed by atoms with Gasteiger partial charge in [-0.2, -0.15) is 0 Å². The number of nitrogens with zero attached hydrogens (tertiary/aromatic N) is 1. The second-order valence-corrected chi connectivity index (χ2v) is 5.54. The second kappa shape index (κ2) is 14.8. The largest absolute Gasteiger partial charge is 0.481 e. The van der Waals surface area contributed by atoms with Gasteiger partial charge in [0.2, 0.25) is 0 Å². The standard InChI is InChI=1S/C16H33NO3/c1-2-3-4-9-12-17(14-15-18)13-10-7-5-6-8-11-16(19)20/h18H,2-15H2,1H3,(H,19,20). The van der Waals surface area contributed by atoms with Crippen LogP contribution in [0.3, 0.4) is 0 Å². The summed E-state index contributed by atoms with van der Waals surface area (Å²) in [7, 11) is 0. The summed E-state index contributed by atoms with van der Waals surface area (Å²) in [4.78, 5) is 12.7. The lowest BCUT2D eigenvalue weighted by Gasteiger charge is -2.21. The molecule has 0 saturated carbocycles. The van der Waals surface area contributed by atoms with Gasteiger partial charge in [0, 0.05) is 13.0 Å². The summed E-state index contributed by atoms with van der Waals surface area (Å²) in [5.74, 6) is -0.689. The van der Waals surface area contributed by atoms with E-state index in [0.717, 1.165) is 51.7 Å². The Morgan fingerprint density at radius 1 is 0.850 bits per heavy atom. The van der Waals surface area contributed by atoms with Crippen molar-refractivity contribution in [3.05, 3.63) is 0 Å². The highest BCUT2D eigenvalue weighted by atomic mass is 16.4. The van der Waals surface area contributed by atoms with Crippen LogP contribution in [0.5, 0.6) is 0 Å². The van der Waals surface area contributed by atoms with Gasteiger partial charge >= 0.3 is 5.97 Å². The van der Waals surface area contributed by atoms with Crippen LogP contribution < -0.4 is 0 Å². The zero-order valence-electron chi connectivity index (χ0n) is 13.1. The van der Waals surface area contributed by atoms with E-state index >= 15 is 0 Å². The van der Waals surface area contributed by atoms with Crippen molar-refractivity contribution in [2.24, 2.45) is 0 Å². The Kier molecular flexibility index (Phi) is 14.3. The minimum Gasteiger partial charge on any atom is -0.481 e. The monoisotopic (exact) mass is 287 g/mol. The summed E-state index contributed by atoms with van der Waals surface area (Å²) in [5.41, 5.74) is 0. The molecule has 2 N–H and O–H groups in total. The van der Waals surface area contributed by atoms with E-state index < -0.39 is 5.97 Å². The van der Waals surface area contributed by atoms with Crippen molar-refractivity contribution in [2.75, 3.05) is 26.2 Å². The van der Waals surface area contributed by atoms with Crippen molar-refractivity contribution in [3.63, 3.8) is 0 Å². The molecule has 0 heterocycles. The lowest BCUT2D eigenvalue weighted by molar-refractivity contribution is -0.137. The zero-order chi connectivity index (χ0) is 15.1. The Balaban J connectivity index is 3.47. The van der Waals surface area contributed by atoms with E-state index in [-0.39, 0.29) is 6.61 Å². The van der Waals surface area contributed by atoms with Crippen molar-refractivity contribution in [1.82, 2.24) is 4.90 Å². The summed E-state index contributed by atoms with van der Waals surface area (Å²) in [5, 5.41) is 17.6. The molecule has 0 aliphatic heterocycles. The van der Waals surface area contributed by atoms with Crippen molar-refractivity contribution >= 4 is 5.97 Å². The molecule has 0 spiro atoms. The molecule has 0 atom stereocenters. The number of carbonyl (C=O) groups is 1. The quantitative estimate of drug-likeness (QED) is 0.454. The van der Waals surface area contributed by atoms with Gasteiger partial charge in [-0.15, -0.1) is 0 Å². The number of aliphatic hydroxyl groups excluding tert-OH is 1. The minimum atomic E-state index is -0.689. The van der Waals surface area contributed by atoms with Gasteiger partial charge in [-0.1, -0.05) is 45.4 Å². The van der Waals surface area contributed by atoms with Crippen LogP contribution in [0.15, 0.2) is 0 Å². The number of aliphatic carboxylic acids is 1. The second-order valence-electron chi connectivity index (χ2n) is 5.54. The van der Waals surface area contributed by atoms with Crippen molar-refractivity contribution in [3.8, 4) is 0 Å². The molecule has 0 fully saturated rings. The normalized spacial score (nSPS) is 11.2. The molecule has 20 heavy (non-hydrogen) atoms. The van der Waals surface area contributed by atoms with Crippen LogP contribution in [0.2, 0.25) is 0 Å². The molecule has 0 aromatic carbocycles. The van der Waals surface area contributed by atoms with Crippen LogP contribution >= 0.6 is 0 Å². The SMILES string of the molecule is CCCCCCN(CCO)CCCCCCCC(=O)O. The van der Waals surface area contributed by atoms with Crippen LogP contribution in [-0.2, 0) is 4.79 Å². The van der Waals surface area contributed by atoms with Gasteiger partial charge < -0.3 is 15.1 Å². The number of hydrogen-bond donors (Lipinski definition) is 2. The van der Waals surface area contributed by atoms with Crippen LogP contribution in [0, 0.1) is 0 Å². The van der Waals surface area contributed by atoms with Gasteiger partial charge in [0.05, 0.1) is 6.61 Å². The Hall–Kier alpha value is -0.610. The predicted molar refractivity (Wildman–Crippen MR) is 83.0 cm³/mol. The molecule has 0 bridgehead atoms. The third-order valence-corrected chi connectivity index (χ3v) is 3.61. The molecule has 0 saturated heterocycles. The highest BCUT2D eigenvalue weighted by molar-refractivity contribution is 5.66. The molecular weight excluding hydrogens is 254 g/mol. The van der Waals surface area contributed by atoms with E-state index in [4.69, 9.17) is 10.2 Å². The lowest BCUT2D eigenvalue weighted by atomic mass is 10.1. The van der Waals surface area contributed by atoms with Crippen LogP contribution in [0.4, 0.5) is 0 Å². The maximum atomic E-state index is 10.4. The first-order chi connectivity index (χ1) is 9.70. The molecule has 0 aliphatic rings. The third kappa shape index (κ3) is 13.8. The van der Waals surface area contributed by atoms with E-state index in [1.165, 1.54) is 25.7 Å². The van der Waals surface area contributed by atoms with E-state index in [2.05, 4.69) is 11.8 Å². The van der Waals surface area contributed by atoms with Crippen molar-refractivity contribution in [2.45, 2.75) is 71.1 Å². The maximum Gasteiger partial charge on any atom is 0.303 e. The number of carboxylic acids is 1. The van der Waals surface area contributed by atoms with Crippen LogP contribution in [0.1, 0.15) is 71.1 Å². The summed E-state index contributed by atoms with van der Waals surface area (Å²) < 4.78 is 0. The van der Waals surface area contributed by atoms with Gasteiger partial charge in [-0.05, 0) is 32.4 Å². The summed E-state index contributed by atoms with van der Waals surface area (Å²) >= 11 is 0. The van der Waals surface area contributed by atoms with Gasteiger partial charge in [0.1, 0.15) is 0 Å². The molecule has 120 valence electrons. The lowest BCUT2D eigenvalue weighted by Crippen LogP contribution is -2.29. The van der Waals surface area contributed by atoms with Crippen LogP contribution in [-0.4, -0.2) is 47.3 Å². The first-order valence-corrected chi connectivity index (χ1v) is 8.25. The average Bonchev–Trinajstić information content (AvgIpc) is 2.42. The van der Waals surface area contributed by atoms with E-state index in [1.54, 1.807) is 0 Å². The smallest absolute Gasteiger partial charge is 0.303 e. The van der Waals surface area contributed by atoms with Gasteiger partial charge in [-0.25, -0.2) is 0 Å². The maximum absolute atomic E-state index is 10.4. The molecule has 0 aromatic heterocycles. The Labute approximate surface area is 124 Å². The number of unbranched alkanes of at least 4 members (excludes halogenated alkanes) is 7. The van der Waals surface area contributed by atoms with Gasteiger partial charge in [0.25, 0.3) is 0 Å². The third-order valence-electron chi connectivity index (χ3n) is 3.61. The summed E-state index contributed by atoms with van der Waals surface area (Å²) in [6.07, 6.45) is 10.6. The fraction of sp³-hybridized carbons (Fsp3) is 0.938. The molecule has 0 amide bonds. The highest BCUT2D eigenvalue weighted by Gasteiger charge is 2.03. The predicted octanol–water partition coefficient (Wildman–Crippen LogP) is 3.29. The van der Waals surface area contributed by atoms with Crippen LogP contribution in [0.25, 0.3) is 0 Å². The van der Waals surface area contributed by atoms with E-state index in [0.29, 0.717) is 6.42 Å².